The first-order valence-electron chi connectivity index (χ1n) is 6.72. The molecule has 19 heavy (non-hydrogen) atoms. The first-order valence-corrected chi connectivity index (χ1v) is 6.72. The maximum atomic E-state index is 5.45. The highest BCUT2D eigenvalue weighted by atomic mass is 16.5. The van der Waals surface area contributed by atoms with E-state index in [1.807, 2.05) is 19.2 Å². The molecule has 0 radical (unpaired) electrons. The number of hydrogen-bond acceptors (Lipinski definition) is 4. The average Bonchev–Trinajstić information content (AvgIpc) is 2.43. The summed E-state index contributed by atoms with van der Waals surface area (Å²) in [6.45, 7) is 7.34. The molecule has 0 fully saturated rings. The van der Waals surface area contributed by atoms with Crippen LogP contribution in [0.3, 0.4) is 0 Å². The van der Waals surface area contributed by atoms with Crippen LogP contribution < -0.4 is 10.1 Å². The zero-order valence-corrected chi connectivity index (χ0v) is 12.1. The Morgan fingerprint density at radius 2 is 2.21 bits per heavy atom. The standard InChI is InChI=1S/C15H24N2O2/c1-4-19-15-10-14(11-17-12-15)13(2)6-5-7-16-8-9-18-3/h6,10-12,16H,4-5,7-9H2,1-3H3/b13-6+. The molecule has 0 saturated heterocycles. The third-order valence-corrected chi connectivity index (χ3v) is 2.73. The van der Waals surface area contributed by atoms with Crippen LogP contribution in [0.4, 0.5) is 0 Å². The zero-order chi connectivity index (χ0) is 13.9. The minimum atomic E-state index is 0.664. The Labute approximate surface area is 115 Å². The number of pyridine rings is 1. The van der Waals surface area contributed by atoms with E-state index in [2.05, 4.69) is 23.3 Å². The monoisotopic (exact) mass is 264 g/mol. The van der Waals surface area contributed by atoms with Gasteiger partial charge in [-0.15, -0.1) is 0 Å². The summed E-state index contributed by atoms with van der Waals surface area (Å²) >= 11 is 0. The fraction of sp³-hybridized carbons (Fsp3) is 0.533. The number of aromatic nitrogens is 1. The van der Waals surface area contributed by atoms with Gasteiger partial charge in [-0.1, -0.05) is 6.08 Å². The second-order valence-electron chi connectivity index (χ2n) is 4.26. The lowest BCUT2D eigenvalue weighted by Gasteiger charge is -2.06. The maximum Gasteiger partial charge on any atom is 0.138 e. The predicted molar refractivity (Wildman–Crippen MR) is 78.4 cm³/mol. The molecule has 0 atom stereocenters. The number of nitrogens with zero attached hydrogens (tertiary/aromatic N) is 1. The molecular formula is C15H24N2O2. The van der Waals surface area contributed by atoms with Gasteiger partial charge in [-0.05, 0) is 44.0 Å². The van der Waals surface area contributed by atoms with Crippen LogP contribution in [-0.2, 0) is 4.74 Å². The number of nitrogens with one attached hydrogen (secondary N) is 1. The lowest BCUT2D eigenvalue weighted by Crippen LogP contribution is -2.19. The summed E-state index contributed by atoms with van der Waals surface area (Å²) in [5.41, 5.74) is 2.34. The number of methoxy groups -OCH3 is 1. The van der Waals surface area contributed by atoms with Gasteiger partial charge in [-0.3, -0.25) is 4.98 Å². The molecule has 0 amide bonds. The van der Waals surface area contributed by atoms with Crippen molar-refractivity contribution in [2.24, 2.45) is 0 Å². The molecule has 0 bridgehead atoms. The van der Waals surface area contributed by atoms with E-state index in [4.69, 9.17) is 9.47 Å². The van der Waals surface area contributed by atoms with E-state index in [-0.39, 0.29) is 0 Å². The third-order valence-electron chi connectivity index (χ3n) is 2.73. The maximum absolute atomic E-state index is 5.45. The van der Waals surface area contributed by atoms with Gasteiger partial charge < -0.3 is 14.8 Å². The molecule has 0 aliphatic rings. The molecule has 106 valence electrons. The molecule has 1 rings (SSSR count). The van der Waals surface area contributed by atoms with Gasteiger partial charge in [-0.25, -0.2) is 0 Å². The second kappa shape index (κ2) is 9.53. The predicted octanol–water partition coefficient (Wildman–Crippen LogP) is 2.51. The van der Waals surface area contributed by atoms with E-state index in [9.17, 15) is 0 Å². The average molecular weight is 264 g/mol. The van der Waals surface area contributed by atoms with Crippen LogP contribution in [0.5, 0.6) is 5.75 Å². The van der Waals surface area contributed by atoms with Crippen molar-refractivity contribution in [3.8, 4) is 5.75 Å². The fourth-order valence-electron chi connectivity index (χ4n) is 1.69. The van der Waals surface area contributed by atoms with Crippen molar-refractivity contribution in [2.75, 3.05) is 33.4 Å². The molecule has 0 aliphatic heterocycles. The summed E-state index contributed by atoms with van der Waals surface area (Å²) in [7, 11) is 1.71. The zero-order valence-electron chi connectivity index (χ0n) is 12.1. The second-order valence-corrected chi connectivity index (χ2v) is 4.26. The van der Waals surface area contributed by atoms with Gasteiger partial charge in [0, 0.05) is 19.9 Å². The van der Waals surface area contributed by atoms with Crippen LogP contribution in [0.25, 0.3) is 5.57 Å². The lowest BCUT2D eigenvalue weighted by atomic mass is 10.1. The molecule has 0 aliphatic carbocycles. The van der Waals surface area contributed by atoms with Crippen LogP contribution in [0.1, 0.15) is 25.8 Å². The lowest BCUT2D eigenvalue weighted by molar-refractivity contribution is 0.199. The summed E-state index contributed by atoms with van der Waals surface area (Å²) in [6.07, 6.45) is 6.82. The highest BCUT2D eigenvalue weighted by Gasteiger charge is 1.99. The molecule has 0 aromatic carbocycles. The quantitative estimate of drug-likeness (QED) is 0.696. The Bertz CT molecular complexity index is 391. The van der Waals surface area contributed by atoms with E-state index in [0.717, 1.165) is 37.4 Å². The van der Waals surface area contributed by atoms with Gasteiger partial charge in [-0.2, -0.15) is 0 Å². The third kappa shape index (κ3) is 6.36. The summed E-state index contributed by atoms with van der Waals surface area (Å²) in [6, 6.07) is 2.03. The summed E-state index contributed by atoms with van der Waals surface area (Å²) < 4.78 is 10.4. The van der Waals surface area contributed by atoms with Crippen LogP contribution in [0, 0.1) is 0 Å². The minimum absolute atomic E-state index is 0.664. The van der Waals surface area contributed by atoms with E-state index in [1.165, 1.54) is 5.57 Å². The number of rotatable bonds is 9. The van der Waals surface area contributed by atoms with Crippen LogP contribution >= 0.6 is 0 Å². The molecule has 0 unspecified atom stereocenters. The van der Waals surface area contributed by atoms with Crippen molar-refractivity contribution in [1.29, 1.82) is 0 Å². The number of allylic oxidation sites excluding steroid dienone is 1. The van der Waals surface area contributed by atoms with Gasteiger partial charge in [0.2, 0.25) is 0 Å². The Balaban J connectivity index is 2.42. The fourth-order valence-corrected chi connectivity index (χ4v) is 1.69. The van der Waals surface area contributed by atoms with Gasteiger partial charge in [0.1, 0.15) is 5.75 Å². The van der Waals surface area contributed by atoms with E-state index in [0.29, 0.717) is 6.61 Å². The van der Waals surface area contributed by atoms with Gasteiger partial charge >= 0.3 is 0 Å². The number of ether oxygens (including phenoxy) is 2. The van der Waals surface area contributed by atoms with Gasteiger partial charge in [0.05, 0.1) is 19.4 Å². The largest absolute Gasteiger partial charge is 0.492 e. The molecule has 1 aromatic rings. The highest BCUT2D eigenvalue weighted by Crippen LogP contribution is 2.18. The summed E-state index contributed by atoms with van der Waals surface area (Å²) in [4.78, 5) is 4.20. The van der Waals surface area contributed by atoms with E-state index >= 15 is 0 Å². The molecule has 0 saturated carbocycles. The van der Waals surface area contributed by atoms with Gasteiger partial charge in [0.25, 0.3) is 0 Å². The van der Waals surface area contributed by atoms with Crippen LogP contribution in [0.2, 0.25) is 0 Å². The Morgan fingerprint density at radius 3 is 2.95 bits per heavy atom. The van der Waals surface area contributed by atoms with Crippen molar-refractivity contribution < 1.29 is 9.47 Å². The molecular weight excluding hydrogens is 240 g/mol. The molecule has 1 aromatic heterocycles. The van der Waals surface area contributed by atoms with Crippen molar-refractivity contribution in [3.63, 3.8) is 0 Å². The van der Waals surface area contributed by atoms with Crippen LogP contribution in [0.15, 0.2) is 24.5 Å². The van der Waals surface area contributed by atoms with E-state index in [1.54, 1.807) is 13.3 Å². The van der Waals surface area contributed by atoms with E-state index < -0.39 is 0 Å². The molecule has 4 nitrogen and oxygen atoms in total. The van der Waals surface area contributed by atoms with Crippen LogP contribution in [-0.4, -0.2) is 38.4 Å². The molecule has 0 spiro atoms. The van der Waals surface area contributed by atoms with Crippen molar-refractivity contribution in [3.05, 3.63) is 30.1 Å². The first-order chi connectivity index (χ1) is 9.27. The van der Waals surface area contributed by atoms with Crippen molar-refractivity contribution >= 4 is 5.57 Å². The highest BCUT2D eigenvalue weighted by molar-refractivity contribution is 5.63. The van der Waals surface area contributed by atoms with Gasteiger partial charge in [0.15, 0.2) is 0 Å². The smallest absolute Gasteiger partial charge is 0.138 e. The molecule has 4 heteroatoms. The normalized spacial score (nSPS) is 11.6. The Kier molecular flexibility index (Phi) is 7.86. The number of hydrogen-bond donors (Lipinski definition) is 1. The van der Waals surface area contributed by atoms with Crippen molar-refractivity contribution in [2.45, 2.75) is 20.3 Å². The summed E-state index contributed by atoms with van der Waals surface area (Å²) in [5, 5.41) is 3.31. The minimum Gasteiger partial charge on any atom is -0.492 e. The van der Waals surface area contributed by atoms with Crippen molar-refractivity contribution in [1.82, 2.24) is 10.3 Å². The SMILES string of the molecule is CCOc1cncc(/C(C)=C/CCNCCOC)c1. The topological polar surface area (TPSA) is 43.4 Å². The summed E-state index contributed by atoms with van der Waals surface area (Å²) in [5.74, 6) is 0.825. The Hall–Kier alpha value is -1.39. The molecule has 1 N–H and O–H groups in total. The molecule has 1 heterocycles. The Morgan fingerprint density at radius 1 is 1.37 bits per heavy atom. The first kappa shape index (κ1) is 15.7.